The Kier molecular flexibility index (Phi) is 5.11. The molecule has 0 bridgehead atoms. The van der Waals surface area contributed by atoms with Gasteiger partial charge in [0.25, 0.3) is 5.56 Å². The number of carbonyl (C=O) groups is 1. The minimum absolute atomic E-state index is 0.0248. The topological polar surface area (TPSA) is 87.2 Å². The van der Waals surface area contributed by atoms with Crippen LogP contribution in [-0.4, -0.2) is 22.3 Å². The zero-order valence-electron chi connectivity index (χ0n) is 13.3. The van der Waals surface area contributed by atoms with Gasteiger partial charge in [-0.2, -0.15) is 10.2 Å². The number of hydrogen-bond acceptors (Lipinski definition) is 4. The van der Waals surface area contributed by atoms with Crippen molar-refractivity contribution in [3.63, 3.8) is 0 Å². The molecule has 0 saturated heterocycles. The maximum absolute atomic E-state index is 12.0. The molecule has 3 rings (SSSR count). The summed E-state index contributed by atoms with van der Waals surface area (Å²) in [6.07, 6.45) is 5.15. The number of hydrazone groups is 1. The number of hydrogen-bond donors (Lipinski definition) is 2. The molecule has 0 aliphatic heterocycles. The highest BCUT2D eigenvalue weighted by Gasteiger charge is 2.09. The molecular weight excluding hydrogens is 316 g/mol. The largest absolute Gasteiger partial charge is 0.273 e. The number of benzene rings is 2. The van der Waals surface area contributed by atoms with Crippen LogP contribution in [-0.2, 0) is 11.2 Å². The van der Waals surface area contributed by atoms with Crippen molar-refractivity contribution in [1.82, 2.24) is 15.6 Å². The van der Waals surface area contributed by atoms with Crippen molar-refractivity contribution in [1.29, 1.82) is 0 Å². The Bertz CT molecular complexity index is 991. The smallest absolute Gasteiger partial charge is 0.272 e. The standard InChI is InChI=1S/C19H16N4O2/c24-18(22-20-12-6-9-14-7-2-1-3-8-14)13-17-15-10-4-5-11-16(15)19(25)23-21-17/h1-12H,13H2,(H,22,24)(H,23,25)/b9-6+,20-12-. The van der Waals surface area contributed by atoms with Gasteiger partial charge in [0.2, 0.25) is 5.91 Å². The van der Waals surface area contributed by atoms with Gasteiger partial charge >= 0.3 is 0 Å². The number of allylic oxidation sites excluding steroid dienone is 1. The van der Waals surface area contributed by atoms with Crippen LogP contribution in [0.25, 0.3) is 16.8 Å². The predicted octanol–water partition coefficient (Wildman–Crippen LogP) is 2.28. The van der Waals surface area contributed by atoms with E-state index >= 15 is 0 Å². The first-order valence-electron chi connectivity index (χ1n) is 7.74. The van der Waals surface area contributed by atoms with E-state index in [0.717, 1.165) is 5.56 Å². The Morgan fingerprint density at radius 1 is 1.08 bits per heavy atom. The molecule has 2 aromatic carbocycles. The number of nitrogens with one attached hydrogen (secondary N) is 2. The van der Waals surface area contributed by atoms with Crippen LogP contribution >= 0.6 is 0 Å². The molecule has 0 saturated carbocycles. The van der Waals surface area contributed by atoms with E-state index in [4.69, 9.17) is 0 Å². The lowest BCUT2D eigenvalue weighted by Gasteiger charge is -2.03. The highest BCUT2D eigenvalue weighted by Crippen LogP contribution is 2.12. The van der Waals surface area contributed by atoms with Crippen molar-refractivity contribution in [3.8, 4) is 0 Å². The number of aromatic nitrogens is 2. The summed E-state index contributed by atoms with van der Waals surface area (Å²) in [4.78, 5) is 23.7. The van der Waals surface area contributed by atoms with E-state index in [9.17, 15) is 9.59 Å². The third-order valence-electron chi connectivity index (χ3n) is 3.54. The van der Waals surface area contributed by atoms with Gasteiger partial charge in [0.15, 0.2) is 0 Å². The molecule has 1 aromatic heterocycles. The molecule has 3 aromatic rings. The number of rotatable bonds is 5. The molecular formula is C19H16N4O2. The maximum Gasteiger partial charge on any atom is 0.272 e. The molecule has 124 valence electrons. The van der Waals surface area contributed by atoms with Crippen LogP contribution < -0.4 is 11.0 Å². The summed E-state index contributed by atoms with van der Waals surface area (Å²) < 4.78 is 0. The molecule has 0 fully saturated rings. The third-order valence-corrected chi connectivity index (χ3v) is 3.54. The number of amides is 1. The Labute approximate surface area is 143 Å². The van der Waals surface area contributed by atoms with E-state index < -0.39 is 0 Å². The number of fused-ring (bicyclic) bond motifs is 1. The molecule has 0 aliphatic rings. The quantitative estimate of drug-likeness (QED) is 0.555. The summed E-state index contributed by atoms with van der Waals surface area (Å²) >= 11 is 0. The summed E-state index contributed by atoms with van der Waals surface area (Å²) in [5.74, 6) is -0.311. The van der Waals surface area contributed by atoms with Crippen LogP contribution in [0.1, 0.15) is 11.3 Å². The van der Waals surface area contributed by atoms with Gasteiger partial charge in [0, 0.05) is 11.6 Å². The van der Waals surface area contributed by atoms with Gasteiger partial charge in [0.05, 0.1) is 17.5 Å². The first kappa shape index (κ1) is 16.3. The van der Waals surface area contributed by atoms with Crippen LogP contribution in [0.2, 0.25) is 0 Å². The van der Waals surface area contributed by atoms with Gasteiger partial charge in [-0.15, -0.1) is 0 Å². The minimum Gasteiger partial charge on any atom is -0.273 e. The van der Waals surface area contributed by atoms with E-state index in [2.05, 4.69) is 20.7 Å². The van der Waals surface area contributed by atoms with Crippen LogP contribution in [0.3, 0.4) is 0 Å². The van der Waals surface area contributed by atoms with Gasteiger partial charge in [0.1, 0.15) is 0 Å². The number of H-pyrrole nitrogens is 1. The zero-order chi connectivity index (χ0) is 17.5. The molecule has 25 heavy (non-hydrogen) atoms. The van der Waals surface area contributed by atoms with Gasteiger partial charge < -0.3 is 0 Å². The first-order chi connectivity index (χ1) is 12.2. The molecule has 6 heteroatoms. The molecule has 0 aliphatic carbocycles. The molecule has 0 spiro atoms. The fraction of sp³-hybridized carbons (Fsp3) is 0.0526. The highest BCUT2D eigenvalue weighted by atomic mass is 16.2. The van der Waals surface area contributed by atoms with Gasteiger partial charge in [-0.1, -0.05) is 54.6 Å². The lowest BCUT2D eigenvalue weighted by Crippen LogP contribution is -2.22. The van der Waals surface area contributed by atoms with Crippen molar-refractivity contribution in [3.05, 3.63) is 82.3 Å². The first-order valence-corrected chi connectivity index (χ1v) is 7.74. The monoisotopic (exact) mass is 332 g/mol. The number of aromatic amines is 1. The van der Waals surface area contributed by atoms with Crippen molar-refractivity contribution in [2.45, 2.75) is 6.42 Å². The highest BCUT2D eigenvalue weighted by molar-refractivity contribution is 5.88. The molecule has 0 radical (unpaired) electrons. The van der Waals surface area contributed by atoms with E-state index in [0.29, 0.717) is 16.5 Å². The second kappa shape index (κ2) is 7.83. The average molecular weight is 332 g/mol. The normalized spacial score (nSPS) is 11.4. The van der Waals surface area contributed by atoms with Crippen LogP contribution in [0.4, 0.5) is 0 Å². The molecule has 2 N–H and O–H groups in total. The zero-order valence-corrected chi connectivity index (χ0v) is 13.3. The average Bonchev–Trinajstić information content (AvgIpc) is 2.65. The Hall–Kier alpha value is -3.54. The lowest BCUT2D eigenvalue weighted by atomic mass is 10.1. The number of nitrogens with zero attached hydrogens (tertiary/aromatic N) is 2. The van der Waals surface area contributed by atoms with Gasteiger partial charge in [-0.25, -0.2) is 10.5 Å². The molecule has 1 heterocycles. The minimum atomic E-state index is -0.311. The van der Waals surface area contributed by atoms with Crippen molar-refractivity contribution < 1.29 is 4.79 Å². The fourth-order valence-corrected chi connectivity index (χ4v) is 2.37. The van der Waals surface area contributed by atoms with Crippen LogP contribution in [0.5, 0.6) is 0 Å². The van der Waals surface area contributed by atoms with Gasteiger partial charge in [-0.3, -0.25) is 9.59 Å². The summed E-state index contributed by atoms with van der Waals surface area (Å²) in [6.45, 7) is 0. The summed E-state index contributed by atoms with van der Waals surface area (Å²) in [7, 11) is 0. The van der Waals surface area contributed by atoms with E-state index in [1.165, 1.54) is 6.21 Å². The Morgan fingerprint density at radius 3 is 2.60 bits per heavy atom. The van der Waals surface area contributed by atoms with Crippen LogP contribution in [0, 0.1) is 0 Å². The molecule has 0 unspecified atom stereocenters. The second-order valence-corrected chi connectivity index (χ2v) is 5.30. The molecule has 6 nitrogen and oxygen atoms in total. The van der Waals surface area contributed by atoms with E-state index in [1.54, 1.807) is 30.3 Å². The Balaban J connectivity index is 1.62. The number of carbonyl (C=O) groups excluding carboxylic acids is 1. The molecule has 1 amide bonds. The summed E-state index contributed by atoms with van der Waals surface area (Å²) in [5.41, 5.74) is 3.72. The van der Waals surface area contributed by atoms with Gasteiger partial charge in [-0.05, 0) is 17.7 Å². The van der Waals surface area contributed by atoms with Crippen molar-refractivity contribution in [2.24, 2.45) is 5.10 Å². The maximum atomic E-state index is 12.0. The van der Waals surface area contributed by atoms with E-state index in [1.807, 2.05) is 36.4 Å². The Morgan fingerprint density at radius 2 is 1.80 bits per heavy atom. The lowest BCUT2D eigenvalue weighted by molar-refractivity contribution is -0.120. The van der Waals surface area contributed by atoms with Crippen LogP contribution in [0.15, 0.2) is 70.6 Å². The SMILES string of the molecule is O=C(Cc1n[nH]c(=O)c2ccccc12)N/N=C\C=C\c1ccccc1. The third kappa shape index (κ3) is 4.26. The predicted molar refractivity (Wildman–Crippen MR) is 98.2 cm³/mol. The summed E-state index contributed by atoms with van der Waals surface area (Å²) in [5, 5.41) is 11.4. The summed E-state index contributed by atoms with van der Waals surface area (Å²) in [6, 6.07) is 16.8. The molecule has 0 atom stereocenters. The fourth-order valence-electron chi connectivity index (χ4n) is 2.37. The van der Waals surface area contributed by atoms with Crippen molar-refractivity contribution >= 4 is 29.0 Å². The van der Waals surface area contributed by atoms with E-state index in [-0.39, 0.29) is 17.9 Å². The van der Waals surface area contributed by atoms with Crippen molar-refractivity contribution in [2.75, 3.05) is 0 Å². The second-order valence-electron chi connectivity index (χ2n) is 5.30.